The molecule has 0 fully saturated rings. The molecule has 2 aromatic rings. The molecule has 1 N–H and O–H groups in total. The maximum Gasteiger partial charge on any atom is 0.244 e. The molecule has 0 aromatic heterocycles. The fourth-order valence-electron chi connectivity index (χ4n) is 3.51. The largest absolute Gasteiger partial charge is 0.355 e. The number of nitrogens with zero attached hydrogens (tertiary/aromatic N) is 2. The van der Waals surface area contributed by atoms with Crippen LogP contribution in [0.1, 0.15) is 31.4 Å². The highest BCUT2D eigenvalue weighted by atomic mass is 35.5. The molecule has 2 amide bonds. The van der Waals surface area contributed by atoms with Gasteiger partial charge in [-0.3, -0.25) is 13.9 Å². The number of benzene rings is 2. The average Bonchev–Trinajstić information content (AvgIpc) is 2.76. The minimum atomic E-state index is -3.85. The molecule has 0 heterocycles. The van der Waals surface area contributed by atoms with Gasteiger partial charge in [0, 0.05) is 18.1 Å². The molecule has 0 saturated carbocycles. The summed E-state index contributed by atoms with van der Waals surface area (Å²) in [5.74, 6) is -0.878. The molecule has 1 atom stereocenters. The first-order chi connectivity index (χ1) is 15.9. The number of halogens is 3. The van der Waals surface area contributed by atoms with Gasteiger partial charge in [0.15, 0.2) is 0 Å². The molecule has 34 heavy (non-hydrogen) atoms. The summed E-state index contributed by atoms with van der Waals surface area (Å²) < 4.78 is 26.3. The third-order valence-electron chi connectivity index (χ3n) is 5.26. The number of carbonyl (C=O) groups excluding carboxylic acids is 2. The van der Waals surface area contributed by atoms with Crippen LogP contribution in [0.2, 0.25) is 15.1 Å². The number of rotatable bonds is 10. The Morgan fingerprint density at radius 3 is 2.26 bits per heavy atom. The van der Waals surface area contributed by atoms with Crippen molar-refractivity contribution in [3.05, 3.63) is 62.6 Å². The number of nitrogens with one attached hydrogen (secondary N) is 1. The minimum Gasteiger partial charge on any atom is -0.355 e. The smallest absolute Gasteiger partial charge is 0.244 e. The summed E-state index contributed by atoms with van der Waals surface area (Å²) in [5.41, 5.74) is 1.47. The van der Waals surface area contributed by atoms with Crippen molar-refractivity contribution >= 4 is 62.3 Å². The van der Waals surface area contributed by atoms with Crippen LogP contribution in [-0.2, 0) is 26.2 Å². The lowest BCUT2D eigenvalue weighted by Crippen LogP contribution is -2.52. The van der Waals surface area contributed by atoms with E-state index in [0.29, 0.717) is 44.8 Å². The summed E-state index contributed by atoms with van der Waals surface area (Å²) in [6.45, 7) is 5.17. The number of anilines is 1. The van der Waals surface area contributed by atoms with Crippen molar-refractivity contribution in [1.82, 2.24) is 10.2 Å². The van der Waals surface area contributed by atoms with Crippen molar-refractivity contribution in [3.63, 3.8) is 0 Å². The number of hydrogen-bond donors (Lipinski definition) is 1. The minimum absolute atomic E-state index is 0.0392. The molecule has 2 rings (SSSR count). The Morgan fingerprint density at radius 2 is 1.71 bits per heavy atom. The third-order valence-corrected chi connectivity index (χ3v) is 7.54. The van der Waals surface area contributed by atoms with Crippen molar-refractivity contribution in [3.8, 4) is 0 Å². The van der Waals surface area contributed by atoms with E-state index in [1.54, 1.807) is 57.2 Å². The lowest BCUT2D eigenvalue weighted by atomic mass is 10.1. The van der Waals surface area contributed by atoms with Crippen molar-refractivity contribution in [2.24, 2.45) is 0 Å². The van der Waals surface area contributed by atoms with Gasteiger partial charge in [-0.2, -0.15) is 0 Å². The maximum absolute atomic E-state index is 13.6. The van der Waals surface area contributed by atoms with E-state index in [-0.39, 0.29) is 12.5 Å². The second kappa shape index (κ2) is 12.1. The molecule has 2 aromatic carbocycles. The Balaban J connectivity index is 2.50. The SMILES string of the molecule is CCNC(=O)[C@@H](CC)N(Cc1ccc(Cl)c(Cl)c1)C(=O)CN(c1cccc(Cl)c1C)S(C)(=O)=O. The van der Waals surface area contributed by atoms with Crippen LogP contribution < -0.4 is 9.62 Å². The summed E-state index contributed by atoms with van der Waals surface area (Å²) in [4.78, 5) is 27.7. The lowest BCUT2D eigenvalue weighted by Gasteiger charge is -2.33. The van der Waals surface area contributed by atoms with Crippen molar-refractivity contribution in [1.29, 1.82) is 0 Å². The first-order valence-electron chi connectivity index (χ1n) is 10.6. The van der Waals surface area contributed by atoms with Crippen molar-refractivity contribution < 1.29 is 18.0 Å². The number of carbonyl (C=O) groups is 2. The first-order valence-corrected chi connectivity index (χ1v) is 13.6. The number of amides is 2. The topological polar surface area (TPSA) is 86.8 Å². The fraction of sp³-hybridized carbons (Fsp3) is 0.391. The van der Waals surface area contributed by atoms with Gasteiger partial charge in [0.05, 0.1) is 22.0 Å². The molecule has 11 heteroatoms. The molecule has 0 aliphatic carbocycles. The fourth-order valence-corrected chi connectivity index (χ4v) is 4.90. The standard InChI is InChI=1S/C23H28Cl3N3O4S/c1-5-20(23(31)27-6-2)28(13-16-10-11-18(25)19(26)12-16)22(30)14-29(34(4,32)33)21-9-7-8-17(24)15(21)3/h7-12,20H,5-6,13-14H2,1-4H3,(H,27,31)/t20-/m1/s1. The third kappa shape index (κ3) is 7.01. The van der Waals surface area contributed by atoms with E-state index >= 15 is 0 Å². The monoisotopic (exact) mass is 547 g/mol. The van der Waals surface area contributed by atoms with Gasteiger partial charge in [-0.1, -0.05) is 53.9 Å². The van der Waals surface area contributed by atoms with Gasteiger partial charge in [-0.15, -0.1) is 0 Å². The van der Waals surface area contributed by atoms with Crippen LogP contribution >= 0.6 is 34.8 Å². The molecule has 7 nitrogen and oxygen atoms in total. The zero-order valence-electron chi connectivity index (χ0n) is 19.4. The van der Waals surface area contributed by atoms with Crippen LogP contribution in [0.3, 0.4) is 0 Å². The van der Waals surface area contributed by atoms with Gasteiger partial charge < -0.3 is 10.2 Å². The van der Waals surface area contributed by atoms with E-state index in [9.17, 15) is 18.0 Å². The van der Waals surface area contributed by atoms with Gasteiger partial charge in [-0.25, -0.2) is 8.42 Å². The first kappa shape index (κ1) is 28.2. The summed E-state index contributed by atoms with van der Waals surface area (Å²) in [6, 6.07) is 8.95. The molecule has 0 saturated heterocycles. The summed E-state index contributed by atoms with van der Waals surface area (Å²) >= 11 is 18.4. The molecular weight excluding hydrogens is 521 g/mol. The molecular formula is C23H28Cl3N3O4S. The van der Waals surface area contributed by atoms with Gasteiger partial charge in [0.25, 0.3) is 0 Å². The molecule has 0 spiro atoms. The molecule has 0 bridgehead atoms. The van der Waals surface area contributed by atoms with E-state index in [4.69, 9.17) is 34.8 Å². The number of likely N-dealkylation sites (N-methyl/N-ethyl adjacent to an activating group) is 1. The van der Waals surface area contributed by atoms with Gasteiger partial charge in [0.1, 0.15) is 12.6 Å². The van der Waals surface area contributed by atoms with Crippen molar-refractivity contribution in [2.75, 3.05) is 23.7 Å². The highest BCUT2D eigenvalue weighted by Crippen LogP contribution is 2.29. The normalized spacial score (nSPS) is 12.2. The Bertz CT molecular complexity index is 1160. The van der Waals surface area contributed by atoms with E-state index in [1.165, 1.54) is 4.90 Å². The van der Waals surface area contributed by atoms with Crippen LogP contribution in [0.4, 0.5) is 5.69 Å². The number of hydrogen-bond acceptors (Lipinski definition) is 4. The number of sulfonamides is 1. The second-order valence-corrected chi connectivity index (χ2v) is 10.9. The molecule has 0 aliphatic rings. The van der Waals surface area contributed by atoms with Crippen LogP contribution in [0.25, 0.3) is 0 Å². The van der Waals surface area contributed by atoms with Gasteiger partial charge in [0.2, 0.25) is 21.8 Å². The van der Waals surface area contributed by atoms with Crippen LogP contribution in [0.15, 0.2) is 36.4 Å². The molecule has 0 radical (unpaired) electrons. The van der Waals surface area contributed by atoms with E-state index in [0.717, 1.165) is 10.6 Å². The zero-order valence-corrected chi connectivity index (χ0v) is 22.5. The Morgan fingerprint density at radius 1 is 1.03 bits per heavy atom. The summed E-state index contributed by atoms with van der Waals surface area (Å²) in [7, 11) is -3.85. The summed E-state index contributed by atoms with van der Waals surface area (Å²) in [5, 5.41) is 3.79. The lowest BCUT2D eigenvalue weighted by molar-refractivity contribution is -0.140. The Labute approximate surface area is 216 Å². The summed E-state index contributed by atoms with van der Waals surface area (Å²) in [6.07, 6.45) is 1.35. The predicted molar refractivity (Wildman–Crippen MR) is 138 cm³/mol. The van der Waals surface area contributed by atoms with Crippen molar-refractivity contribution in [2.45, 2.75) is 39.8 Å². The highest BCUT2D eigenvalue weighted by molar-refractivity contribution is 7.92. The maximum atomic E-state index is 13.6. The van der Waals surface area contributed by atoms with Gasteiger partial charge in [-0.05, 0) is 55.7 Å². The Hall–Kier alpha value is -2.00. The van der Waals surface area contributed by atoms with Gasteiger partial charge >= 0.3 is 0 Å². The highest BCUT2D eigenvalue weighted by Gasteiger charge is 2.32. The molecule has 0 unspecified atom stereocenters. The average molecular weight is 549 g/mol. The quantitative estimate of drug-likeness (QED) is 0.468. The molecule has 0 aliphatic heterocycles. The van der Waals surface area contributed by atoms with E-state index in [2.05, 4.69) is 5.32 Å². The van der Waals surface area contributed by atoms with Crippen LogP contribution in [0, 0.1) is 6.92 Å². The van der Waals surface area contributed by atoms with E-state index < -0.39 is 28.5 Å². The Kier molecular flexibility index (Phi) is 10.1. The van der Waals surface area contributed by atoms with E-state index in [1.807, 2.05) is 0 Å². The van der Waals surface area contributed by atoms with Crippen LogP contribution in [0.5, 0.6) is 0 Å². The van der Waals surface area contributed by atoms with Crippen LogP contribution in [-0.4, -0.2) is 50.5 Å². The second-order valence-electron chi connectivity index (χ2n) is 7.74. The predicted octanol–water partition coefficient (Wildman–Crippen LogP) is 4.66. The zero-order chi connectivity index (χ0) is 25.6. The molecule has 186 valence electrons.